The molecule has 0 amide bonds. The van der Waals surface area contributed by atoms with Crippen molar-refractivity contribution in [2.75, 3.05) is 7.11 Å². The third kappa shape index (κ3) is 5.77. The molecule has 0 unspecified atom stereocenters. The SMILES string of the molecule is COc1cc(OC2C3CC4CC(C3)CC2C4)c2nc(C(=O)O)oc2c1.Cc1ccc2oc(C(=O)O)nc2c1Cc1cccc(Cl)c1. The largest absolute Gasteiger partial charge is 0.496 e. The Morgan fingerprint density at radius 1 is 0.870 bits per heavy atom. The Bertz CT molecular complexity index is 1940. The van der Waals surface area contributed by atoms with Crippen LogP contribution in [0.5, 0.6) is 11.5 Å². The first-order valence-corrected chi connectivity index (χ1v) is 15.8. The standard InChI is InChI=1S/C19H21NO5.C16H12ClNO3/c1-23-13-7-14(16-15(8-13)25-18(20-16)19(21)22)24-17-11-3-9-2-10(5-11)6-12(17)4-9;1-9-5-6-13-14(18-15(21-13)16(19)20)12(9)8-10-3-2-4-11(17)7-10/h7-12,17H,2-6H2,1H3,(H,21,22);2-7H,8H2,1H3,(H,19,20). The minimum atomic E-state index is -1.18. The summed E-state index contributed by atoms with van der Waals surface area (Å²) in [6.45, 7) is 1.97. The van der Waals surface area contributed by atoms with Crippen molar-refractivity contribution in [3.63, 3.8) is 0 Å². The minimum Gasteiger partial charge on any atom is -0.496 e. The summed E-state index contributed by atoms with van der Waals surface area (Å²) in [6, 6.07) is 14.7. The van der Waals surface area contributed by atoms with Gasteiger partial charge >= 0.3 is 23.7 Å². The van der Waals surface area contributed by atoms with Gasteiger partial charge in [0, 0.05) is 23.6 Å². The van der Waals surface area contributed by atoms with Gasteiger partial charge in [-0.3, -0.25) is 0 Å². The molecule has 2 heterocycles. The van der Waals surface area contributed by atoms with Crippen LogP contribution in [0.2, 0.25) is 5.02 Å². The average Bonchev–Trinajstić information content (AvgIpc) is 3.66. The number of halogens is 1. The first-order chi connectivity index (χ1) is 22.1. The molecule has 0 saturated heterocycles. The normalized spacial score (nSPS) is 22.9. The smallest absolute Gasteiger partial charge is 0.392 e. The Kier molecular flexibility index (Phi) is 7.84. The fourth-order valence-corrected chi connectivity index (χ4v) is 8.02. The van der Waals surface area contributed by atoms with Crippen molar-refractivity contribution in [1.82, 2.24) is 9.97 Å². The van der Waals surface area contributed by atoms with E-state index in [1.165, 1.54) is 32.1 Å². The Morgan fingerprint density at radius 3 is 2.15 bits per heavy atom. The number of carboxylic acids is 2. The molecule has 0 atom stereocenters. The van der Waals surface area contributed by atoms with Crippen LogP contribution < -0.4 is 9.47 Å². The van der Waals surface area contributed by atoms with Crippen LogP contribution in [0.4, 0.5) is 0 Å². The zero-order valence-electron chi connectivity index (χ0n) is 25.4. The number of aromatic nitrogens is 2. The molecule has 0 aliphatic heterocycles. The molecule has 2 N–H and O–H groups in total. The highest BCUT2D eigenvalue weighted by Gasteiger charge is 2.49. The number of oxazole rings is 2. The zero-order chi connectivity index (χ0) is 32.1. The number of benzene rings is 3. The summed E-state index contributed by atoms with van der Waals surface area (Å²) < 4.78 is 22.4. The van der Waals surface area contributed by atoms with Crippen LogP contribution in [0.25, 0.3) is 22.2 Å². The third-order valence-electron chi connectivity index (χ3n) is 9.61. The van der Waals surface area contributed by atoms with Gasteiger partial charge in [-0.05, 0) is 97.6 Å². The molecule has 4 aliphatic rings. The van der Waals surface area contributed by atoms with E-state index in [0.717, 1.165) is 28.5 Å². The van der Waals surface area contributed by atoms with E-state index >= 15 is 0 Å². The van der Waals surface area contributed by atoms with Gasteiger partial charge < -0.3 is 28.5 Å². The molecular formula is C35H33ClN2O8. The van der Waals surface area contributed by atoms with Gasteiger partial charge in [0.25, 0.3) is 0 Å². The van der Waals surface area contributed by atoms with E-state index in [0.29, 0.717) is 57.0 Å². The number of hydrogen-bond donors (Lipinski definition) is 2. The molecule has 3 aromatic carbocycles. The van der Waals surface area contributed by atoms with Crippen LogP contribution in [-0.2, 0) is 6.42 Å². The molecule has 4 bridgehead atoms. The first-order valence-electron chi connectivity index (χ1n) is 15.4. The number of rotatable bonds is 7. The number of hydrogen-bond acceptors (Lipinski definition) is 8. The second-order valence-electron chi connectivity index (χ2n) is 12.6. The van der Waals surface area contributed by atoms with Crippen molar-refractivity contribution in [2.45, 2.75) is 51.6 Å². The molecule has 5 aromatic rings. The number of nitrogens with zero attached hydrogens (tertiary/aromatic N) is 2. The number of methoxy groups -OCH3 is 1. The summed E-state index contributed by atoms with van der Waals surface area (Å²) in [4.78, 5) is 30.4. The van der Waals surface area contributed by atoms with Crippen molar-refractivity contribution < 1.29 is 38.1 Å². The molecular weight excluding hydrogens is 612 g/mol. The lowest BCUT2D eigenvalue weighted by Crippen LogP contribution is -2.50. The Morgan fingerprint density at radius 2 is 1.52 bits per heavy atom. The summed E-state index contributed by atoms with van der Waals surface area (Å²) in [5, 5.41) is 18.8. The van der Waals surface area contributed by atoms with E-state index in [4.69, 9.17) is 40.1 Å². The second-order valence-corrected chi connectivity index (χ2v) is 13.1. The number of fused-ring (bicyclic) bond motifs is 2. The lowest BCUT2D eigenvalue weighted by molar-refractivity contribution is -0.0785. The highest BCUT2D eigenvalue weighted by atomic mass is 35.5. The quantitative estimate of drug-likeness (QED) is 0.180. The van der Waals surface area contributed by atoms with Crippen LogP contribution in [0, 0.1) is 30.6 Å². The number of aromatic carboxylic acids is 2. The maximum atomic E-state index is 11.2. The highest BCUT2D eigenvalue weighted by molar-refractivity contribution is 6.30. The lowest BCUT2D eigenvalue weighted by Gasteiger charge is -2.53. The Balaban J connectivity index is 0.000000150. The summed E-state index contributed by atoms with van der Waals surface area (Å²) in [5.41, 5.74) is 4.95. The van der Waals surface area contributed by atoms with Gasteiger partial charge in [0.2, 0.25) is 0 Å². The van der Waals surface area contributed by atoms with Gasteiger partial charge in [-0.2, -0.15) is 4.98 Å². The molecule has 4 aliphatic carbocycles. The Labute approximate surface area is 269 Å². The predicted octanol–water partition coefficient (Wildman–Crippen LogP) is 7.82. The summed E-state index contributed by atoms with van der Waals surface area (Å²) in [6.07, 6.45) is 7.22. The van der Waals surface area contributed by atoms with E-state index in [1.54, 1.807) is 25.3 Å². The molecule has 238 valence electrons. The Hall–Kier alpha value is -4.57. The average molecular weight is 645 g/mol. The molecule has 0 spiro atoms. The maximum Gasteiger partial charge on any atom is 0.392 e. The molecule has 46 heavy (non-hydrogen) atoms. The molecule has 11 heteroatoms. The third-order valence-corrected chi connectivity index (χ3v) is 9.84. The van der Waals surface area contributed by atoms with Gasteiger partial charge in [-0.1, -0.05) is 29.8 Å². The van der Waals surface area contributed by atoms with Gasteiger partial charge in [0.1, 0.15) is 17.4 Å². The number of carboxylic acid groups (broad SMARTS) is 2. The molecule has 0 radical (unpaired) electrons. The van der Waals surface area contributed by atoms with E-state index in [9.17, 15) is 9.59 Å². The van der Waals surface area contributed by atoms with Gasteiger partial charge in [0.05, 0.1) is 7.11 Å². The number of ether oxygens (including phenoxy) is 2. The van der Waals surface area contributed by atoms with E-state index < -0.39 is 11.9 Å². The van der Waals surface area contributed by atoms with Crippen molar-refractivity contribution in [2.24, 2.45) is 23.7 Å². The van der Waals surface area contributed by atoms with Crippen LogP contribution in [0.15, 0.2) is 57.4 Å². The highest BCUT2D eigenvalue weighted by Crippen LogP contribution is 2.55. The minimum absolute atomic E-state index is 0.188. The monoisotopic (exact) mass is 644 g/mol. The topological polar surface area (TPSA) is 145 Å². The van der Waals surface area contributed by atoms with Crippen LogP contribution in [0.3, 0.4) is 0 Å². The number of carbonyl (C=O) groups is 2. The molecule has 9 rings (SSSR count). The van der Waals surface area contributed by atoms with Crippen molar-refractivity contribution in [3.05, 3.63) is 82.0 Å². The molecule has 2 aromatic heterocycles. The summed E-state index contributed by atoms with van der Waals surface area (Å²) >= 11 is 6.00. The van der Waals surface area contributed by atoms with E-state index in [-0.39, 0.29) is 17.9 Å². The predicted molar refractivity (Wildman–Crippen MR) is 169 cm³/mol. The van der Waals surface area contributed by atoms with Gasteiger partial charge in [-0.25, -0.2) is 14.6 Å². The lowest BCUT2D eigenvalue weighted by atomic mass is 9.55. The van der Waals surface area contributed by atoms with Crippen LogP contribution in [-0.4, -0.2) is 45.3 Å². The first kappa shape index (κ1) is 30.1. The summed E-state index contributed by atoms with van der Waals surface area (Å²) in [7, 11) is 1.57. The molecule has 4 saturated carbocycles. The van der Waals surface area contributed by atoms with Crippen molar-refractivity contribution in [1.29, 1.82) is 0 Å². The molecule has 10 nitrogen and oxygen atoms in total. The van der Waals surface area contributed by atoms with Gasteiger partial charge in [0.15, 0.2) is 22.4 Å². The van der Waals surface area contributed by atoms with E-state index in [2.05, 4.69) is 9.97 Å². The zero-order valence-corrected chi connectivity index (χ0v) is 26.1. The fraction of sp³-hybridized carbons (Fsp3) is 0.371. The van der Waals surface area contributed by atoms with E-state index in [1.807, 2.05) is 37.3 Å². The second kappa shape index (κ2) is 12.0. The summed E-state index contributed by atoms with van der Waals surface area (Å²) in [5.74, 6) is 1.14. The molecule has 4 fully saturated rings. The van der Waals surface area contributed by atoms with Crippen molar-refractivity contribution >= 4 is 45.7 Å². The van der Waals surface area contributed by atoms with Crippen molar-refractivity contribution in [3.8, 4) is 11.5 Å². The number of aryl methyl sites for hydroxylation is 1. The maximum absolute atomic E-state index is 11.2. The van der Waals surface area contributed by atoms with Gasteiger partial charge in [-0.15, -0.1) is 0 Å². The fourth-order valence-electron chi connectivity index (χ4n) is 7.80. The van der Waals surface area contributed by atoms with Crippen LogP contribution in [0.1, 0.15) is 70.2 Å². The van der Waals surface area contributed by atoms with Crippen LogP contribution >= 0.6 is 11.6 Å².